The van der Waals surface area contributed by atoms with Crippen molar-refractivity contribution in [3.63, 3.8) is 0 Å². The van der Waals surface area contributed by atoms with Gasteiger partial charge in [0.1, 0.15) is 0 Å². The largest absolute Gasteiger partial charge is 0.462 e. The average molecular weight is 180 g/mol. The Morgan fingerprint density at radius 2 is 2.31 bits per heavy atom. The van der Waals surface area contributed by atoms with E-state index in [4.69, 9.17) is 0 Å². The van der Waals surface area contributed by atoms with Gasteiger partial charge in [-0.1, -0.05) is 0 Å². The number of nitrogens with zero attached hydrogens (tertiary/aromatic N) is 1. The van der Waals surface area contributed by atoms with E-state index in [9.17, 15) is 9.59 Å². The summed E-state index contributed by atoms with van der Waals surface area (Å²) in [5.41, 5.74) is 0.456. The Morgan fingerprint density at radius 3 is 2.85 bits per heavy atom. The van der Waals surface area contributed by atoms with Crippen LogP contribution in [0.3, 0.4) is 0 Å². The fraction of sp³-hybridized carbons (Fsp3) is 0.125. The van der Waals surface area contributed by atoms with Crippen molar-refractivity contribution >= 4 is 17.6 Å². The van der Waals surface area contributed by atoms with Crippen molar-refractivity contribution in [1.82, 2.24) is 4.98 Å². The van der Waals surface area contributed by atoms with Gasteiger partial charge in [-0.25, -0.2) is 4.79 Å². The zero-order valence-corrected chi connectivity index (χ0v) is 6.98. The van der Waals surface area contributed by atoms with Crippen molar-refractivity contribution in [3.05, 3.63) is 24.5 Å². The molecule has 0 fully saturated rings. The van der Waals surface area contributed by atoms with Gasteiger partial charge in [0.2, 0.25) is 0 Å². The summed E-state index contributed by atoms with van der Waals surface area (Å²) in [6, 6.07) is 3.26. The first-order chi connectivity index (χ1) is 6.24. The minimum atomic E-state index is -0.927. The molecule has 0 aliphatic carbocycles. The van der Waals surface area contributed by atoms with E-state index >= 15 is 0 Å². The first-order valence-corrected chi connectivity index (χ1v) is 3.53. The SMILES string of the molecule is COC(=O)C(=O)Nc1cccnc1. The number of hydrogen-bond acceptors (Lipinski definition) is 4. The molecule has 1 amide bonds. The molecule has 1 rings (SSSR count). The topological polar surface area (TPSA) is 68.3 Å². The monoisotopic (exact) mass is 180 g/mol. The van der Waals surface area contributed by atoms with E-state index in [1.807, 2.05) is 0 Å². The Bertz CT molecular complexity index is 310. The molecule has 1 N–H and O–H groups in total. The number of carbonyl (C=O) groups is 2. The predicted octanol–water partition coefficient (Wildman–Crippen LogP) is 0.193. The van der Waals surface area contributed by atoms with Gasteiger partial charge < -0.3 is 10.1 Å². The summed E-state index contributed by atoms with van der Waals surface area (Å²) >= 11 is 0. The van der Waals surface area contributed by atoms with Crippen LogP contribution in [-0.4, -0.2) is 24.0 Å². The van der Waals surface area contributed by atoms with Crippen molar-refractivity contribution < 1.29 is 14.3 Å². The third-order valence-electron chi connectivity index (χ3n) is 1.29. The minimum Gasteiger partial charge on any atom is -0.462 e. The van der Waals surface area contributed by atoms with E-state index in [1.54, 1.807) is 18.3 Å². The molecule has 0 spiro atoms. The third kappa shape index (κ3) is 2.55. The first kappa shape index (κ1) is 9.18. The molecule has 1 heterocycles. The van der Waals surface area contributed by atoms with Crippen LogP contribution in [0.1, 0.15) is 0 Å². The van der Waals surface area contributed by atoms with Crippen LogP contribution in [-0.2, 0) is 14.3 Å². The number of pyridine rings is 1. The number of hydrogen-bond donors (Lipinski definition) is 1. The summed E-state index contributed by atoms with van der Waals surface area (Å²) < 4.78 is 4.21. The van der Waals surface area contributed by atoms with Gasteiger partial charge in [-0.05, 0) is 12.1 Å². The second kappa shape index (κ2) is 4.20. The summed E-state index contributed by atoms with van der Waals surface area (Å²) in [5.74, 6) is -1.74. The van der Waals surface area contributed by atoms with E-state index < -0.39 is 11.9 Å². The van der Waals surface area contributed by atoms with Crippen molar-refractivity contribution in [3.8, 4) is 0 Å². The van der Waals surface area contributed by atoms with Gasteiger partial charge in [0.15, 0.2) is 0 Å². The maximum atomic E-state index is 10.9. The number of ether oxygens (including phenoxy) is 1. The highest BCUT2D eigenvalue weighted by Gasteiger charge is 2.12. The molecule has 0 aliphatic rings. The number of rotatable bonds is 1. The smallest absolute Gasteiger partial charge is 0.396 e. The van der Waals surface area contributed by atoms with Gasteiger partial charge in [-0.3, -0.25) is 9.78 Å². The van der Waals surface area contributed by atoms with Crippen LogP contribution in [0.5, 0.6) is 0 Å². The number of nitrogens with one attached hydrogen (secondary N) is 1. The minimum absolute atomic E-state index is 0.456. The normalized spacial score (nSPS) is 9.00. The number of methoxy groups -OCH3 is 1. The van der Waals surface area contributed by atoms with Gasteiger partial charge in [0.25, 0.3) is 0 Å². The van der Waals surface area contributed by atoms with E-state index in [0.717, 1.165) is 7.11 Å². The van der Waals surface area contributed by atoms with Crippen molar-refractivity contribution in [1.29, 1.82) is 0 Å². The van der Waals surface area contributed by atoms with E-state index in [0.29, 0.717) is 5.69 Å². The lowest BCUT2D eigenvalue weighted by atomic mass is 10.4. The fourth-order valence-electron chi connectivity index (χ4n) is 0.712. The predicted molar refractivity (Wildman–Crippen MR) is 44.9 cm³/mol. The summed E-state index contributed by atoms with van der Waals surface area (Å²) in [7, 11) is 1.14. The van der Waals surface area contributed by atoms with Crippen LogP contribution < -0.4 is 5.32 Å². The molecule has 0 saturated heterocycles. The highest BCUT2D eigenvalue weighted by Crippen LogP contribution is 2.01. The highest BCUT2D eigenvalue weighted by atomic mass is 16.5. The molecule has 13 heavy (non-hydrogen) atoms. The Labute approximate surface area is 74.7 Å². The number of carbonyl (C=O) groups excluding carboxylic acids is 2. The second-order valence-corrected chi connectivity index (χ2v) is 2.19. The second-order valence-electron chi connectivity index (χ2n) is 2.19. The standard InChI is InChI=1S/C8H8N2O3/c1-13-8(12)7(11)10-6-3-2-4-9-5-6/h2-5H,1H3,(H,10,11). The van der Waals surface area contributed by atoms with E-state index in [-0.39, 0.29) is 0 Å². The molecule has 0 bridgehead atoms. The van der Waals surface area contributed by atoms with E-state index in [1.165, 1.54) is 6.20 Å². The highest BCUT2D eigenvalue weighted by molar-refractivity contribution is 6.37. The molecule has 0 saturated carbocycles. The molecule has 0 atom stereocenters. The zero-order chi connectivity index (χ0) is 9.68. The molecule has 1 aromatic rings. The van der Waals surface area contributed by atoms with Gasteiger partial charge in [-0.15, -0.1) is 0 Å². The summed E-state index contributed by atoms with van der Waals surface area (Å²) in [5, 5.41) is 2.32. The van der Waals surface area contributed by atoms with Gasteiger partial charge in [-0.2, -0.15) is 0 Å². The molecule has 5 nitrogen and oxygen atoms in total. The fourth-order valence-corrected chi connectivity index (χ4v) is 0.712. The average Bonchev–Trinajstić information content (AvgIpc) is 2.18. The first-order valence-electron chi connectivity index (χ1n) is 3.53. The van der Waals surface area contributed by atoms with Gasteiger partial charge in [0, 0.05) is 6.20 Å². The molecule has 0 unspecified atom stereocenters. The number of aromatic nitrogens is 1. The Morgan fingerprint density at radius 1 is 1.54 bits per heavy atom. The summed E-state index contributed by atoms with van der Waals surface area (Å²) in [6.07, 6.45) is 2.99. The maximum absolute atomic E-state index is 10.9. The van der Waals surface area contributed by atoms with Crippen molar-refractivity contribution in [2.75, 3.05) is 12.4 Å². The lowest BCUT2D eigenvalue weighted by Gasteiger charge is -2.01. The summed E-state index contributed by atoms with van der Waals surface area (Å²) in [4.78, 5) is 25.3. The molecule has 0 aromatic carbocycles. The molecule has 0 radical (unpaired) electrons. The zero-order valence-electron chi connectivity index (χ0n) is 6.98. The van der Waals surface area contributed by atoms with Crippen LogP contribution in [0, 0.1) is 0 Å². The maximum Gasteiger partial charge on any atom is 0.396 e. The lowest BCUT2D eigenvalue weighted by molar-refractivity contribution is -0.150. The molecule has 1 aromatic heterocycles. The molecule has 5 heteroatoms. The number of anilines is 1. The molecule has 0 aliphatic heterocycles. The van der Waals surface area contributed by atoms with Crippen molar-refractivity contribution in [2.45, 2.75) is 0 Å². The van der Waals surface area contributed by atoms with Gasteiger partial charge >= 0.3 is 11.9 Å². The van der Waals surface area contributed by atoms with Crippen LogP contribution in [0.25, 0.3) is 0 Å². The Hall–Kier alpha value is -1.91. The van der Waals surface area contributed by atoms with Crippen molar-refractivity contribution in [2.24, 2.45) is 0 Å². The summed E-state index contributed by atoms with van der Waals surface area (Å²) in [6.45, 7) is 0. The Balaban J connectivity index is 2.60. The lowest BCUT2D eigenvalue weighted by Crippen LogP contribution is -2.23. The van der Waals surface area contributed by atoms with Gasteiger partial charge in [0.05, 0.1) is 19.0 Å². The molecular formula is C8H8N2O3. The quantitative estimate of drug-likeness (QED) is 0.495. The van der Waals surface area contributed by atoms with Crippen LogP contribution in [0.2, 0.25) is 0 Å². The third-order valence-corrected chi connectivity index (χ3v) is 1.29. The molecule has 68 valence electrons. The number of amides is 1. The van der Waals surface area contributed by atoms with Crippen LogP contribution in [0.4, 0.5) is 5.69 Å². The Kier molecular flexibility index (Phi) is 2.97. The van der Waals surface area contributed by atoms with Crippen LogP contribution >= 0.6 is 0 Å². The van der Waals surface area contributed by atoms with E-state index in [2.05, 4.69) is 15.0 Å². The van der Waals surface area contributed by atoms with Crippen LogP contribution in [0.15, 0.2) is 24.5 Å². The number of esters is 1. The molecular weight excluding hydrogens is 172 g/mol.